The molecule has 4 nitrogen and oxygen atoms in total. The zero-order valence-corrected chi connectivity index (χ0v) is 9.34. The van der Waals surface area contributed by atoms with Gasteiger partial charge < -0.3 is 0 Å². The lowest BCUT2D eigenvalue weighted by Gasteiger charge is -2.02. The molecule has 0 aromatic carbocycles. The predicted molar refractivity (Wildman–Crippen MR) is 49.8 cm³/mol. The molecule has 1 rings (SSSR count). The van der Waals surface area contributed by atoms with Crippen LogP contribution < -0.4 is 0 Å². The molecule has 1 aromatic rings. The first-order valence-electron chi connectivity index (χ1n) is 2.96. The third-order valence-electron chi connectivity index (χ3n) is 1.21. The number of nitrogens with zero attached hydrogens (tertiary/aromatic N) is 2. The van der Waals surface area contributed by atoms with Gasteiger partial charge in [0.1, 0.15) is 4.90 Å². The molecular weight excluding hydrogens is 258 g/mol. The standard InChI is InChI=1S/C5H3Cl3N2O2S/c1-2-3(13(8,11)12)4(6)10-5(7)9-2/h1H3. The summed E-state index contributed by atoms with van der Waals surface area (Å²) in [6, 6.07) is 0. The lowest BCUT2D eigenvalue weighted by Crippen LogP contribution is -2.01. The van der Waals surface area contributed by atoms with E-state index in [1.54, 1.807) is 0 Å². The van der Waals surface area contributed by atoms with Crippen molar-refractivity contribution < 1.29 is 8.42 Å². The van der Waals surface area contributed by atoms with Gasteiger partial charge in [0.15, 0.2) is 5.15 Å². The number of halogens is 3. The molecule has 0 radical (unpaired) electrons. The van der Waals surface area contributed by atoms with Crippen molar-refractivity contribution in [3.05, 3.63) is 16.1 Å². The molecule has 0 unspecified atom stereocenters. The Morgan fingerprint density at radius 1 is 1.23 bits per heavy atom. The van der Waals surface area contributed by atoms with Crippen LogP contribution in [-0.4, -0.2) is 18.4 Å². The second kappa shape index (κ2) is 3.57. The molecule has 13 heavy (non-hydrogen) atoms. The van der Waals surface area contributed by atoms with Crippen LogP contribution in [0.3, 0.4) is 0 Å². The van der Waals surface area contributed by atoms with E-state index in [-0.39, 0.29) is 21.0 Å². The smallest absolute Gasteiger partial charge is 0.222 e. The predicted octanol–water partition coefficient (Wildman–Crippen LogP) is 2.02. The van der Waals surface area contributed by atoms with Gasteiger partial charge in [0.05, 0.1) is 5.69 Å². The summed E-state index contributed by atoms with van der Waals surface area (Å²) in [7, 11) is 1.16. The van der Waals surface area contributed by atoms with Gasteiger partial charge in [-0.05, 0) is 18.5 Å². The van der Waals surface area contributed by atoms with Gasteiger partial charge in [-0.15, -0.1) is 0 Å². The van der Waals surface area contributed by atoms with Crippen molar-refractivity contribution >= 4 is 42.9 Å². The Labute approximate surface area is 89.3 Å². The second-order valence-corrected chi connectivity index (χ2v) is 5.33. The van der Waals surface area contributed by atoms with E-state index in [9.17, 15) is 8.42 Å². The van der Waals surface area contributed by atoms with Crippen molar-refractivity contribution in [2.24, 2.45) is 0 Å². The fourth-order valence-corrected chi connectivity index (χ4v) is 2.87. The van der Waals surface area contributed by atoms with Gasteiger partial charge in [-0.2, -0.15) is 0 Å². The van der Waals surface area contributed by atoms with Crippen molar-refractivity contribution in [2.45, 2.75) is 11.8 Å². The molecule has 0 spiro atoms. The zero-order chi connectivity index (χ0) is 10.2. The number of rotatable bonds is 1. The van der Waals surface area contributed by atoms with E-state index in [4.69, 9.17) is 33.9 Å². The van der Waals surface area contributed by atoms with Crippen molar-refractivity contribution in [2.75, 3.05) is 0 Å². The fraction of sp³-hybridized carbons (Fsp3) is 0.200. The fourth-order valence-electron chi connectivity index (χ4n) is 0.772. The molecule has 0 aliphatic rings. The Hall–Kier alpha value is -0.100. The molecule has 1 heterocycles. The third kappa shape index (κ3) is 2.43. The molecule has 0 aliphatic carbocycles. The highest BCUT2D eigenvalue weighted by molar-refractivity contribution is 8.13. The highest BCUT2D eigenvalue weighted by atomic mass is 35.7. The van der Waals surface area contributed by atoms with Crippen LogP contribution in [0.4, 0.5) is 0 Å². The van der Waals surface area contributed by atoms with Crippen LogP contribution in [0.1, 0.15) is 5.69 Å². The first-order valence-corrected chi connectivity index (χ1v) is 6.03. The lowest BCUT2D eigenvalue weighted by molar-refractivity contribution is 0.608. The van der Waals surface area contributed by atoms with E-state index in [1.807, 2.05) is 0 Å². The first-order chi connectivity index (χ1) is 5.82. The molecule has 0 bridgehead atoms. The molecule has 0 saturated heterocycles. The quantitative estimate of drug-likeness (QED) is 0.441. The number of aryl methyl sites for hydroxylation is 1. The van der Waals surface area contributed by atoms with E-state index < -0.39 is 9.05 Å². The molecule has 1 aromatic heterocycles. The Bertz CT molecular complexity index is 422. The molecule has 8 heteroatoms. The molecule has 0 saturated carbocycles. The maximum Gasteiger partial charge on any atom is 0.266 e. The van der Waals surface area contributed by atoms with E-state index >= 15 is 0 Å². The van der Waals surface area contributed by atoms with Gasteiger partial charge in [0.2, 0.25) is 5.28 Å². The first kappa shape index (κ1) is 11.0. The SMILES string of the molecule is Cc1nc(Cl)nc(Cl)c1S(=O)(=O)Cl. The molecule has 0 amide bonds. The van der Waals surface area contributed by atoms with Crippen LogP contribution in [0.15, 0.2) is 4.90 Å². The van der Waals surface area contributed by atoms with Crippen molar-refractivity contribution in [3.8, 4) is 0 Å². The Morgan fingerprint density at radius 3 is 2.15 bits per heavy atom. The van der Waals surface area contributed by atoms with Crippen LogP contribution in [0.5, 0.6) is 0 Å². The molecule has 0 fully saturated rings. The van der Waals surface area contributed by atoms with E-state index in [0.29, 0.717) is 0 Å². The van der Waals surface area contributed by atoms with E-state index in [1.165, 1.54) is 6.92 Å². The molecule has 0 N–H and O–H groups in total. The van der Waals surface area contributed by atoms with Gasteiger partial charge in [-0.1, -0.05) is 11.6 Å². The van der Waals surface area contributed by atoms with Gasteiger partial charge in [0.25, 0.3) is 9.05 Å². The maximum atomic E-state index is 10.9. The summed E-state index contributed by atoms with van der Waals surface area (Å²) in [6.07, 6.45) is 0. The largest absolute Gasteiger partial charge is 0.266 e. The molecule has 72 valence electrons. The third-order valence-corrected chi connectivity index (χ3v) is 3.20. The monoisotopic (exact) mass is 260 g/mol. The van der Waals surface area contributed by atoms with Gasteiger partial charge in [-0.3, -0.25) is 0 Å². The summed E-state index contributed by atoms with van der Waals surface area (Å²) >= 11 is 10.9. The van der Waals surface area contributed by atoms with Crippen molar-refractivity contribution in [3.63, 3.8) is 0 Å². The highest BCUT2D eigenvalue weighted by Crippen LogP contribution is 2.26. The number of aromatic nitrogens is 2. The number of hydrogen-bond acceptors (Lipinski definition) is 4. The Morgan fingerprint density at radius 2 is 1.77 bits per heavy atom. The summed E-state index contributed by atoms with van der Waals surface area (Å²) in [5.41, 5.74) is 0.125. The average molecular weight is 262 g/mol. The summed E-state index contributed by atoms with van der Waals surface area (Å²) < 4.78 is 21.9. The van der Waals surface area contributed by atoms with Crippen molar-refractivity contribution in [1.29, 1.82) is 0 Å². The van der Waals surface area contributed by atoms with Crippen molar-refractivity contribution in [1.82, 2.24) is 9.97 Å². The maximum absolute atomic E-state index is 10.9. The van der Waals surface area contributed by atoms with Crippen LogP contribution in [0.2, 0.25) is 10.4 Å². The molecular formula is C5H3Cl3N2O2S. The van der Waals surface area contributed by atoms with E-state index in [2.05, 4.69) is 9.97 Å². The van der Waals surface area contributed by atoms with Crippen LogP contribution in [0, 0.1) is 6.92 Å². The molecule has 0 atom stereocenters. The van der Waals surface area contributed by atoms with E-state index in [0.717, 1.165) is 0 Å². The number of hydrogen-bond donors (Lipinski definition) is 0. The zero-order valence-electron chi connectivity index (χ0n) is 6.25. The minimum atomic E-state index is -3.92. The summed E-state index contributed by atoms with van der Waals surface area (Å²) in [5, 5.41) is -0.390. The van der Waals surface area contributed by atoms with Crippen LogP contribution >= 0.6 is 33.9 Å². The minimum absolute atomic E-state index is 0.119. The van der Waals surface area contributed by atoms with Gasteiger partial charge in [0, 0.05) is 10.7 Å². The topological polar surface area (TPSA) is 59.9 Å². The van der Waals surface area contributed by atoms with Crippen LogP contribution in [0.25, 0.3) is 0 Å². The summed E-state index contributed by atoms with van der Waals surface area (Å²) in [4.78, 5) is 6.76. The summed E-state index contributed by atoms with van der Waals surface area (Å²) in [6.45, 7) is 1.43. The minimum Gasteiger partial charge on any atom is -0.222 e. The van der Waals surface area contributed by atoms with Gasteiger partial charge >= 0.3 is 0 Å². The molecule has 0 aliphatic heterocycles. The summed E-state index contributed by atoms with van der Waals surface area (Å²) in [5.74, 6) is 0. The normalized spacial score (nSPS) is 11.7. The van der Waals surface area contributed by atoms with Gasteiger partial charge in [-0.25, -0.2) is 18.4 Å². The lowest BCUT2D eigenvalue weighted by atomic mass is 10.5. The van der Waals surface area contributed by atoms with Crippen LogP contribution in [-0.2, 0) is 9.05 Å². The second-order valence-electron chi connectivity index (χ2n) is 2.14. The Balaban J connectivity index is 3.57. The highest BCUT2D eigenvalue weighted by Gasteiger charge is 2.20. The Kier molecular flexibility index (Phi) is 3.01. The average Bonchev–Trinajstić information content (AvgIpc) is 1.78.